The first-order chi connectivity index (χ1) is 10.5. The maximum absolute atomic E-state index is 12.9. The standard InChI is InChI=1S/C16H21N3O2S/c1-18-9-6-16(7-10-18)8-11-19(13-16)22(20,21)15-5-3-2-4-14(15)12-17/h2-5H,6-11,13H2,1H3. The van der Waals surface area contributed by atoms with Gasteiger partial charge in [-0.05, 0) is 56.9 Å². The number of hydrogen-bond donors (Lipinski definition) is 0. The van der Waals surface area contributed by atoms with Gasteiger partial charge in [0.05, 0.1) is 10.5 Å². The molecule has 1 spiro atoms. The molecule has 2 fully saturated rings. The van der Waals surface area contributed by atoms with Crippen molar-refractivity contribution >= 4 is 10.0 Å². The van der Waals surface area contributed by atoms with Crippen LogP contribution >= 0.6 is 0 Å². The van der Waals surface area contributed by atoms with Crippen molar-refractivity contribution in [3.8, 4) is 6.07 Å². The number of sulfonamides is 1. The number of piperidine rings is 1. The Morgan fingerprint density at radius 3 is 2.45 bits per heavy atom. The van der Waals surface area contributed by atoms with Crippen LogP contribution in [0.15, 0.2) is 29.2 Å². The van der Waals surface area contributed by atoms with E-state index in [1.165, 1.54) is 6.07 Å². The summed E-state index contributed by atoms with van der Waals surface area (Å²) in [6.07, 6.45) is 3.03. The molecule has 0 aromatic heterocycles. The Balaban J connectivity index is 1.85. The van der Waals surface area contributed by atoms with Crippen molar-refractivity contribution in [3.05, 3.63) is 29.8 Å². The number of nitrogens with zero attached hydrogens (tertiary/aromatic N) is 3. The van der Waals surface area contributed by atoms with E-state index in [0.717, 1.165) is 32.4 Å². The zero-order valence-corrected chi connectivity index (χ0v) is 13.6. The van der Waals surface area contributed by atoms with Crippen molar-refractivity contribution in [2.75, 3.05) is 33.2 Å². The van der Waals surface area contributed by atoms with Crippen LogP contribution in [0.5, 0.6) is 0 Å². The van der Waals surface area contributed by atoms with E-state index in [-0.39, 0.29) is 15.9 Å². The molecule has 0 radical (unpaired) electrons. The van der Waals surface area contributed by atoms with Gasteiger partial charge in [0.25, 0.3) is 0 Å². The van der Waals surface area contributed by atoms with Gasteiger partial charge in [-0.25, -0.2) is 8.42 Å². The van der Waals surface area contributed by atoms with Crippen molar-refractivity contribution in [2.24, 2.45) is 5.41 Å². The summed E-state index contributed by atoms with van der Waals surface area (Å²) in [5, 5.41) is 9.16. The van der Waals surface area contributed by atoms with E-state index in [4.69, 9.17) is 5.26 Å². The molecule has 0 atom stereocenters. The van der Waals surface area contributed by atoms with Gasteiger partial charge in [-0.15, -0.1) is 0 Å². The Morgan fingerprint density at radius 2 is 1.77 bits per heavy atom. The average molecular weight is 319 g/mol. The van der Waals surface area contributed by atoms with Gasteiger partial charge in [0, 0.05) is 13.1 Å². The Morgan fingerprint density at radius 1 is 1.14 bits per heavy atom. The lowest BCUT2D eigenvalue weighted by molar-refractivity contribution is 0.134. The highest BCUT2D eigenvalue weighted by molar-refractivity contribution is 7.89. The number of rotatable bonds is 2. The molecule has 0 N–H and O–H groups in total. The number of benzene rings is 1. The summed E-state index contributed by atoms with van der Waals surface area (Å²) in [4.78, 5) is 2.44. The van der Waals surface area contributed by atoms with E-state index < -0.39 is 10.0 Å². The largest absolute Gasteiger partial charge is 0.306 e. The number of hydrogen-bond acceptors (Lipinski definition) is 4. The molecule has 0 bridgehead atoms. The van der Waals surface area contributed by atoms with Gasteiger partial charge < -0.3 is 4.90 Å². The Bertz CT molecular complexity index is 700. The molecular weight excluding hydrogens is 298 g/mol. The lowest BCUT2D eigenvalue weighted by Crippen LogP contribution is -2.40. The predicted molar refractivity (Wildman–Crippen MR) is 83.7 cm³/mol. The Hall–Kier alpha value is -1.42. The van der Waals surface area contributed by atoms with Crippen LogP contribution in [0.4, 0.5) is 0 Å². The number of likely N-dealkylation sites (tertiary alicyclic amines) is 1. The van der Waals surface area contributed by atoms with Gasteiger partial charge >= 0.3 is 0 Å². The van der Waals surface area contributed by atoms with Gasteiger partial charge in [0.15, 0.2) is 0 Å². The minimum atomic E-state index is -3.57. The summed E-state index contributed by atoms with van der Waals surface area (Å²) < 4.78 is 27.3. The molecule has 5 nitrogen and oxygen atoms in total. The fourth-order valence-electron chi connectivity index (χ4n) is 3.52. The SMILES string of the molecule is CN1CCC2(CC1)CCN(S(=O)(=O)c1ccccc1C#N)C2. The first-order valence-electron chi connectivity index (χ1n) is 7.65. The van der Waals surface area contributed by atoms with E-state index in [1.54, 1.807) is 22.5 Å². The summed E-state index contributed by atoms with van der Waals surface area (Å²) in [6, 6.07) is 8.46. The van der Waals surface area contributed by atoms with E-state index in [2.05, 4.69) is 11.9 Å². The smallest absolute Gasteiger partial charge is 0.244 e. The molecule has 1 aromatic carbocycles. The molecule has 2 aliphatic heterocycles. The lowest BCUT2D eigenvalue weighted by Gasteiger charge is -2.37. The van der Waals surface area contributed by atoms with E-state index in [9.17, 15) is 8.42 Å². The monoisotopic (exact) mass is 319 g/mol. The molecule has 0 amide bonds. The third-order valence-corrected chi connectivity index (χ3v) is 6.98. The molecule has 0 saturated carbocycles. The van der Waals surface area contributed by atoms with Crippen LogP contribution in [-0.2, 0) is 10.0 Å². The highest BCUT2D eigenvalue weighted by atomic mass is 32.2. The Kier molecular flexibility index (Phi) is 3.98. The minimum absolute atomic E-state index is 0.126. The van der Waals surface area contributed by atoms with Gasteiger partial charge in [-0.3, -0.25) is 0 Å². The summed E-state index contributed by atoms with van der Waals surface area (Å²) in [5.74, 6) is 0. The van der Waals surface area contributed by atoms with Crippen molar-refractivity contribution in [3.63, 3.8) is 0 Å². The molecular formula is C16H21N3O2S. The minimum Gasteiger partial charge on any atom is -0.306 e. The van der Waals surface area contributed by atoms with E-state index in [1.807, 2.05) is 6.07 Å². The quantitative estimate of drug-likeness (QED) is 0.832. The van der Waals surface area contributed by atoms with Crippen molar-refractivity contribution in [1.29, 1.82) is 5.26 Å². The van der Waals surface area contributed by atoms with Crippen LogP contribution in [0, 0.1) is 16.7 Å². The fraction of sp³-hybridized carbons (Fsp3) is 0.562. The van der Waals surface area contributed by atoms with Crippen molar-refractivity contribution in [2.45, 2.75) is 24.2 Å². The van der Waals surface area contributed by atoms with Crippen LogP contribution in [0.1, 0.15) is 24.8 Å². The maximum Gasteiger partial charge on any atom is 0.244 e. The van der Waals surface area contributed by atoms with Gasteiger partial charge in [0.1, 0.15) is 6.07 Å². The second-order valence-corrected chi connectivity index (χ2v) is 8.41. The zero-order valence-electron chi connectivity index (χ0n) is 12.8. The van der Waals surface area contributed by atoms with Crippen LogP contribution in [0.3, 0.4) is 0 Å². The van der Waals surface area contributed by atoms with E-state index in [0.29, 0.717) is 13.1 Å². The predicted octanol–water partition coefficient (Wildman–Crippen LogP) is 1.66. The zero-order chi connectivity index (χ0) is 15.8. The van der Waals surface area contributed by atoms with Gasteiger partial charge in [0.2, 0.25) is 10.0 Å². The fourth-order valence-corrected chi connectivity index (χ4v) is 5.22. The molecule has 2 heterocycles. The maximum atomic E-state index is 12.9. The molecule has 118 valence electrons. The highest BCUT2D eigenvalue weighted by Gasteiger charge is 2.44. The Labute approximate surface area is 132 Å². The molecule has 2 saturated heterocycles. The summed E-state index contributed by atoms with van der Waals surface area (Å²) in [5.41, 5.74) is 0.355. The first kappa shape index (κ1) is 15.5. The molecule has 3 rings (SSSR count). The summed E-state index contributed by atoms with van der Waals surface area (Å²) >= 11 is 0. The van der Waals surface area contributed by atoms with Crippen LogP contribution in [0.25, 0.3) is 0 Å². The molecule has 1 aromatic rings. The molecule has 2 aliphatic rings. The normalized spacial score (nSPS) is 22.7. The topological polar surface area (TPSA) is 64.4 Å². The van der Waals surface area contributed by atoms with Gasteiger partial charge in [-0.2, -0.15) is 9.57 Å². The second-order valence-electron chi connectivity index (χ2n) is 6.50. The summed E-state index contributed by atoms with van der Waals surface area (Å²) in [7, 11) is -1.46. The van der Waals surface area contributed by atoms with Crippen LogP contribution < -0.4 is 0 Å². The molecule has 0 unspecified atom stereocenters. The molecule has 0 aliphatic carbocycles. The molecule has 22 heavy (non-hydrogen) atoms. The van der Waals surface area contributed by atoms with Crippen molar-refractivity contribution in [1.82, 2.24) is 9.21 Å². The third-order valence-electron chi connectivity index (χ3n) is 5.08. The lowest BCUT2D eigenvalue weighted by atomic mass is 9.78. The van der Waals surface area contributed by atoms with Crippen LogP contribution in [-0.4, -0.2) is 50.8 Å². The first-order valence-corrected chi connectivity index (χ1v) is 9.09. The summed E-state index contributed by atoms with van der Waals surface area (Å²) in [6.45, 7) is 3.21. The average Bonchev–Trinajstić information content (AvgIpc) is 2.95. The van der Waals surface area contributed by atoms with Crippen molar-refractivity contribution < 1.29 is 8.42 Å². The van der Waals surface area contributed by atoms with Crippen LogP contribution in [0.2, 0.25) is 0 Å². The molecule has 6 heteroatoms. The van der Waals surface area contributed by atoms with Gasteiger partial charge in [-0.1, -0.05) is 12.1 Å². The van der Waals surface area contributed by atoms with E-state index >= 15 is 0 Å². The number of nitriles is 1. The highest BCUT2D eigenvalue weighted by Crippen LogP contribution is 2.42. The third kappa shape index (κ3) is 2.65. The second kappa shape index (κ2) is 5.65.